The highest BCUT2D eigenvalue weighted by atomic mass is 19.1. The van der Waals surface area contributed by atoms with Crippen LogP contribution in [0.15, 0.2) is 60.9 Å². The van der Waals surface area contributed by atoms with Gasteiger partial charge in [-0.05, 0) is 42.5 Å². The van der Waals surface area contributed by atoms with Crippen LogP contribution in [0.1, 0.15) is 5.56 Å². The molecule has 0 aliphatic carbocycles. The summed E-state index contributed by atoms with van der Waals surface area (Å²) in [6.45, 7) is 0. The first-order valence-electron chi connectivity index (χ1n) is 6.85. The van der Waals surface area contributed by atoms with Gasteiger partial charge in [0.1, 0.15) is 23.8 Å². The van der Waals surface area contributed by atoms with Crippen LogP contribution in [0.5, 0.6) is 0 Å². The topological polar surface area (TPSA) is 73.6 Å². The van der Waals surface area contributed by atoms with Crippen molar-refractivity contribution in [3.8, 4) is 6.07 Å². The molecule has 2 aromatic carbocycles. The predicted molar refractivity (Wildman–Crippen MR) is 86.2 cm³/mol. The van der Waals surface area contributed by atoms with Crippen molar-refractivity contribution in [2.24, 2.45) is 0 Å². The fourth-order valence-electron chi connectivity index (χ4n) is 1.98. The van der Waals surface area contributed by atoms with Gasteiger partial charge in [0.15, 0.2) is 0 Å². The summed E-state index contributed by atoms with van der Waals surface area (Å²) in [5.74, 6) is 0.811. The Morgan fingerprint density at radius 1 is 0.870 bits per heavy atom. The number of nitriles is 1. The van der Waals surface area contributed by atoms with Crippen molar-refractivity contribution in [3.63, 3.8) is 0 Å². The number of anilines is 4. The molecule has 0 saturated carbocycles. The second-order valence-corrected chi connectivity index (χ2v) is 4.74. The number of benzene rings is 2. The maximum atomic E-state index is 13.2. The summed E-state index contributed by atoms with van der Waals surface area (Å²) in [4.78, 5) is 8.24. The summed E-state index contributed by atoms with van der Waals surface area (Å²) < 4.78 is 13.2. The molecule has 0 aliphatic heterocycles. The zero-order valence-corrected chi connectivity index (χ0v) is 12.0. The monoisotopic (exact) mass is 305 g/mol. The molecule has 3 rings (SSSR count). The summed E-state index contributed by atoms with van der Waals surface area (Å²) in [6, 6.07) is 16.9. The third kappa shape index (κ3) is 3.80. The van der Waals surface area contributed by atoms with Crippen LogP contribution in [0.2, 0.25) is 0 Å². The first-order chi connectivity index (χ1) is 11.2. The van der Waals surface area contributed by atoms with Gasteiger partial charge in [0.2, 0.25) is 0 Å². The van der Waals surface area contributed by atoms with Crippen LogP contribution in [0, 0.1) is 17.1 Å². The molecule has 5 nitrogen and oxygen atoms in total. The highest BCUT2D eigenvalue weighted by molar-refractivity contribution is 5.63. The molecule has 0 saturated heterocycles. The zero-order valence-electron chi connectivity index (χ0n) is 12.0. The summed E-state index contributed by atoms with van der Waals surface area (Å²) >= 11 is 0. The first kappa shape index (κ1) is 14.5. The molecule has 0 radical (unpaired) electrons. The zero-order chi connectivity index (χ0) is 16.1. The quantitative estimate of drug-likeness (QED) is 0.763. The van der Waals surface area contributed by atoms with E-state index < -0.39 is 0 Å². The molecule has 1 aromatic heterocycles. The van der Waals surface area contributed by atoms with Gasteiger partial charge >= 0.3 is 0 Å². The van der Waals surface area contributed by atoms with Crippen molar-refractivity contribution in [2.75, 3.05) is 10.6 Å². The highest BCUT2D eigenvalue weighted by Crippen LogP contribution is 2.20. The maximum Gasteiger partial charge on any atom is 0.135 e. The smallest absolute Gasteiger partial charge is 0.135 e. The molecule has 3 aromatic rings. The molecule has 0 fully saturated rings. The van der Waals surface area contributed by atoms with Gasteiger partial charge in [-0.2, -0.15) is 5.26 Å². The van der Waals surface area contributed by atoms with Gasteiger partial charge in [-0.25, -0.2) is 14.4 Å². The standard InChI is InChI=1S/C17H12FN5/c18-13-2-1-3-15(8-13)23-17-9-16(20-11-21-17)22-14-6-4-12(10-19)5-7-14/h1-9,11H,(H2,20,21,22,23). The molecular formula is C17H12FN5. The van der Waals surface area contributed by atoms with Gasteiger partial charge < -0.3 is 10.6 Å². The van der Waals surface area contributed by atoms with Crippen LogP contribution in [-0.2, 0) is 0 Å². The second-order valence-electron chi connectivity index (χ2n) is 4.74. The van der Waals surface area contributed by atoms with Crippen LogP contribution in [0.3, 0.4) is 0 Å². The van der Waals surface area contributed by atoms with E-state index in [1.807, 2.05) is 0 Å². The van der Waals surface area contributed by atoms with Crippen molar-refractivity contribution >= 4 is 23.0 Å². The van der Waals surface area contributed by atoms with Gasteiger partial charge in [-0.3, -0.25) is 0 Å². The average molecular weight is 305 g/mol. The van der Waals surface area contributed by atoms with Crippen LogP contribution in [0.4, 0.5) is 27.4 Å². The number of rotatable bonds is 4. The summed E-state index contributed by atoms with van der Waals surface area (Å²) in [6.07, 6.45) is 1.41. The Morgan fingerprint density at radius 3 is 2.22 bits per heavy atom. The van der Waals surface area contributed by atoms with Gasteiger partial charge in [0.05, 0.1) is 11.6 Å². The largest absolute Gasteiger partial charge is 0.340 e. The number of hydrogen-bond donors (Lipinski definition) is 2. The van der Waals surface area contributed by atoms with Gasteiger partial charge in [0.25, 0.3) is 0 Å². The Bertz CT molecular complexity index is 855. The number of nitrogens with zero attached hydrogens (tertiary/aromatic N) is 3. The van der Waals surface area contributed by atoms with Crippen molar-refractivity contribution in [1.82, 2.24) is 9.97 Å². The van der Waals surface area contributed by atoms with Crippen molar-refractivity contribution < 1.29 is 4.39 Å². The first-order valence-corrected chi connectivity index (χ1v) is 6.85. The molecule has 0 aliphatic rings. The van der Waals surface area contributed by atoms with E-state index in [1.165, 1.54) is 18.5 Å². The molecule has 23 heavy (non-hydrogen) atoms. The Hall–Kier alpha value is -3.46. The molecule has 1 heterocycles. The number of nitrogens with one attached hydrogen (secondary N) is 2. The lowest BCUT2D eigenvalue weighted by molar-refractivity contribution is 0.628. The molecular weight excluding hydrogens is 293 g/mol. The third-order valence-electron chi connectivity index (χ3n) is 3.05. The average Bonchev–Trinajstić information content (AvgIpc) is 2.56. The Balaban J connectivity index is 1.75. The van der Waals surface area contributed by atoms with Crippen molar-refractivity contribution in [2.45, 2.75) is 0 Å². The lowest BCUT2D eigenvalue weighted by Gasteiger charge is -2.09. The Morgan fingerprint density at radius 2 is 1.57 bits per heavy atom. The fourth-order valence-corrected chi connectivity index (χ4v) is 1.98. The lowest BCUT2D eigenvalue weighted by Crippen LogP contribution is -1.98. The second kappa shape index (κ2) is 6.54. The van der Waals surface area contributed by atoms with Gasteiger partial charge in [-0.1, -0.05) is 6.07 Å². The lowest BCUT2D eigenvalue weighted by atomic mass is 10.2. The number of aromatic nitrogens is 2. The van der Waals surface area contributed by atoms with Gasteiger partial charge in [0, 0.05) is 17.4 Å². The third-order valence-corrected chi connectivity index (χ3v) is 3.05. The fraction of sp³-hybridized carbons (Fsp3) is 0. The summed E-state index contributed by atoms with van der Waals surface area (Å²) in [5, 5.41) is 14.9. The SMILES string of the molecule is N#Cc1ccc(Nc2cc(Nc3cccc(F)c3)ncn2)cc1. The minimum Gasteiger partial charge on any atom is -0.340 e. The highest BCUT2D eigenvalue weighted by Gasteiger charge is 2.02. The van der Waals surface area contributed by atoms with Crippen molar-refractivity contribution in [1.29, 1.82) is 5.26 Å². The molecule has 0 spiro atoms. The number of halogens is 1. The van der Waals surface area contributed by atoms with E-state index in [9.17, 15) is 4.39 Å². The van der Waals surface area contributed by atoms with Crippen LogP contribution < -0.4 is 10.6 Å². The van der Waals surface area contributed by atoms with Crippen LogP contribution in [-0.4, -0.2) is 9.97 Å². The summed E-state index contributed by atoms with van der Waals surface area (Å²) in [5.41, 5.74) is 2.00. The number of hydrogen-bond acceptors (Lipinski definition) is 5. The Labute approximate surface area is 132 Å². The van der Waals surface area contributed by atoms with E-state index in [1.54, 1.807) is 42.5 Å². The molecule has 0 amide bonds. The van der Waals surface area contributed by atoms with E-state index in [4.69, 9.17) is 5.26 Å². The molecule has 0 bridgehead atoms. The van der Waals surface area contributed by atoms with Gasteiger partial charge in [-0.15, -0.1) is 0 Å². The van der Waals surface area contributed by atoms with E-state index in [-0.39, 0.29) is 5.82 Å². The Kier molecular flexibility index (Phi) is 4.11. The van der Waals surface area contributed by atoms with Crippen LogP contribution in [0.25, 0.3) is 0 Å². The molecule has 2 N–H and O–H groups in total. The van der Waals surface area contributed by atoms with E-state index in [2.05, 4.69) is 26.7 Å². The molecule has 0 unspecified atom stereocenters. The summed E-state index contributed by atoms with van der Waals surface area (Å²) in [7, 11) is 0. The molecule has 6 heteroatoms. The minimum atomic E-state index is -0.319. The molecule has 0 atom stereocenters. The van der Waals surface area contributed by atoms with E-state index in [0.717, 1.165) is 5.69 Å². The van der Waals surface area contributed by atoms with E-state index in [0.29, 0.717) is 22.9 Å². The molecule has 112 valence electrons. The minimum absolute atomic E-state index is 0.319. The predicted octanol–water partition coefficient (Wildman–Crippen LogP) is 3.97. The van der Waals surface area contributed by atoms with E-state index >= 15 is 0 Å². The maximum absolute atomic E-state index is 13.2. The normalized spacial score (nSPS) is 9.91. The van der Waals surface area contributed by atoms with Crippen molar-refractivity contribution in [3.05, 3.63) is 72.3 Å². The van der Waals surface area contributed by atoms with Crippen LogP contribution >= 0.6 is 0 Å².